The largest absolute Gasteiger partial charge is 0.396 e. The molecule has 1 aliphatic rings. The van der Waals surface area contributed by atoms with E-state index in [-0.39, 0.29) is 25.0 Å². The minimum atomic E-state index is -4.28. The first-order valence-corrected chi connectivity index (χ1v) is 10.6. The number of imidazole rings is 1. The summed E-state index contributed by atoms with van der Waals surface area (Å²) in [5, 5.41) is 17.3. The Labute approximate surface area is 188 Å². The molecule has 2 unspecified atom stereocenters. The van der Waals surface area contributed by atoms with Crippen LogP contribution in [0.3, 0.4) is 0 Å². The number of hydrogen-bond donors (Lipinski definition) is 2. The van der Waals surface area contributed by atoms with E-state index < -0.39 is 12.6 Å². The summed E-state index contributed by atoms with van der Waals surface area (Å²) in [5.41, 5.74) is 4.21. The number of alkyl halides is 3. The summed E-state index contributed by atoms with van der Waals surface area (Å²) >= 11 is 0. The molecule has 33 heavy (non-hydrogen) atoms. The number of benzene rings is 1. The van der Waals surface area contributed by atoms with Gasteiger partial charge >= 0.3 is 6.18 Å². The molecule has 0 fully saturated rings. The van der Waals surface area contributed by atoms with Gasteiger partial charge in [0.1, 0.15) is 6.29 Å². The lowest BCUT2D eigenvalue weighted by atomic mass is 9.82. The first kappa shape index (κ1) is 22.7. The van der Waals surface area contributed by atoms with Crippen LogP contribution in [0, 0.1) is 11.8 Å². The Balaban J connectivity index is 1.81. The fraction of sp³-hybridized carbons (Fsp3) is 0.292. The molecule has 0 spiro atoms. The van der Waals surface area contributed by atoms with Gasteiger partial charge in [-0.3, -0.25) is 4.79 Å². The minimum Gasteiger partial charge on any atom is -0.396 e. The van der Waals surface area contributed by atoms with E-state index in [1.54, 1.807) is 41.0 Å². The lowest BCUT2D eigenvalue weighted by Crippen LogP contribution is -2.19. The van der Waals surface area contributed by atoms with Crippen LogP contribution in [-0.4, -0.2) is 45.3 Å². The lowest BCUT2D eigenvalue weighted by Gasteiger charge is -2.25. The first-order chi connectivity index (χ1) is 15.8. The number of aliphatic hydroxyl groups is 1. The Hall–Kier alpha value is -3.46. The second kappa shape index (κ2) is 9.19. The van der Waals surface area contributed by atoms with Crippen LogP contribution in [0.2, 0.25) is 0 Å². The quantitative estimate of drug-likeness (QED) is 0.501. The van der Waals surface area contributed by atoms with Crippen molar-refractivity contribution in [1.82, 2.24) is 14.6 Å². The number of halogens is 3. The number of aromatic nitrogens is 3. The van der Waals surface area contributed by atoms with Crippen LogP contribution >= 0.6 is 0 Å². The standard InChI is InChI=1S/C24H23F3N4O2/c1-15-18(14-33)3-2-4-19(15)20-11-21(28-10-9-24(25,26)27)23-29-12-22(31(23)30-20)17-7-5-16(13-32)6-8-17/h2-8,11-13,15,18,28,33H,9-10,14H2,1H3. The highest BCUT2D eigenvalue weighted by atomic mass is 19.4. The second-order valence-electron chi connectivity index (χ2n) is 8.00. The van der Waals surface area contributed by atoms with E-state index in [1.807, 2.05) is 25.2 Å². The monoisotopic (exact) mass is 456 g/mol. The van der Waals surface area contributed by atoms with Gasteiger partial charge in [-0.25, -0.2) is 9.50 Å². The number of aliphatic hydroxyl groups excluding tert-OH is 1. The molecule has 3 aromatic rings. The fourth-order valence-corrected chi connectivity index (χ4v) is 3.90. The van der Waals surface area contributed by atoms with E-state index >= 15 is 0 Å². The van der Waals surface area contributed by atoms with Crippen molar-refractivity contribution >= 4 is 23.2 Å². The van der Waals surface area contributed by atoms with Gasteiger partial charge in [0.05, 0.1) is 29.7 Å². The number of carbonyl (C=O) groups is 1. The van der Waals surface area contributed by atoms with E-state index in [0.29, 0.717) is 28.3 Å². The molecule has 0 aliphatic heterocycles. The normalized spacial score (nSPS) is 18.4. The number of allylic oxidation sites excluding steroid dienone is 3. The molecule has 172 valence electrons. The first-order valence-electron chi connectivity index (χ1n) is 10.6. The van der Waals surface area contributed by atoms with Crippen LogP contribution in [0.25, 0.3) is 22.5 Å². The van der Waals surface area contributed by atoms with Crippen molar-refractivity contribution < 1.29 is 23.1 Å². The molecular weight excluding hydrogens is 433 g/mol. The Morgan fingerprint density at radius 3 is 2.67 bits per heavy atom. The number of nitrogens with zero attached hydrogens (tertiary/aromatic N) is 3. The van der Waals surface area contributed by atoms with Crippen molar-refractivity contribution in [3.63, 3.8) is 0 Å². The molecule has 2 aromatic heterocycles. The summed E-state index contributed by atoms with van der Waals surface area (Å²) in [5.74, 6) is -0.117. The molecule has 1 aliphatic carbocycles. The van der Waals surface area contributed by atoms with Crippen LogP contribution in [0.15, 0.2) is 54.8 Å². The van der Waals surface area contributed by atoms with Gasteiger partial charge in [0.25, 0.3) is 0 Å². The molecule has 0 saturated heterocycles. The van der Waals surface area contributed by atoms with Crippen molar-refractivity contribution in [3.8, 4) is 11.3 Å². The predicted molar refractivity (Wildman–Crippen MR) is 120 cm³/mol. The molecule has 1 aromatic carbocycles. The number of carbonyl (C=O) groups excluding carboxylic acids is 1. The van der Waals surface area contributed by atoms with Gasteiger partial charge in [0, 0.05) is 30.2 Å². The fourth-order valence-electron chi connectivity index (χ4n) is 3.90. The minimum absolute atomic E-state index is 0.0205. The third-order valence-electron chi connectivity index (χ3n) is 5.81. The van der Waals surface area contributed by atoms with Crippen LogP contribution in [-0.2, 0) is 0 Å². The van der Waals surface area contributed by atoms with Crippen LogP contribution < -0.4 is 5.32 Å². The van der Waals surface area contributed by atoms with Gasteiger partial charge in [0.15, 0.2) is 5.65 Å². The smallest absolute Gasteiger partial charge is 0.390 e. The molecular formula is C24H23F3N4O2. The third kappa shape index (κ3) is 4.83. The summed E-state index contributed by atoms with van der Waals surface area (Å²) in [4.78, 5) is 15.4. The van der Waals surface area contributed by atoms with E-state index in [0.717, 1.165) is 17.4 Å². The third-order valence-corrected chi connectivity index (χ3v) is 5.81. The predicted octanol–water partition coefficient (Wildman–Crippen LogP) is 4.77. The molecule has 0 saturated carbocycles. The molecule has 2 heterocycles. The zero-order valence-corrected chi connectivity index (χ0v) is 17.9. The summed E-state index contributed by atoms with van der Waals surface area (Å²) in [6.45, 7) is 1.66. The van der Waals surface area contributed by atoms with Gasteiger partial charge in [-0.1, -0.05) is 49.4 Å². The van der Waals surface area contributed by atoms with E-state index in [2.05, 4.69) is 10.3 Å². The van der Waals surface area contributed by atoms with Gasteiger partial charge in [-0.15, -0.1) is 0 Å². The Morgan fingerprint density at radius 1 is 1.24 bits per heavy atom. The highest BCUT2D eigenvalue weighted by Gasteiger charge is 2.27. The number of nitrogens with one attached hydrogen (secondary N) is 1. The van der Waals surface area contributed by atoms with Gasteiger partial charge < -0.3 is 10.4 Å². The van der Waals surface area contributed by atoms with Crippen molar-refractivity contribution in [1.29, 1.82) is 0 Å². The van der Waals surface area contributed by atoms with Crippen LogP contribution in [0.5, 0.6) is 0 Å². The number of hydrogen-bond acceptors (Lipinski definition) is 5. The van der Waals surface area contributed by atoms with Crippen molar-refractivity contribution in [2.45, 2.75) is 19.5 Å². The highest BCUT2D eigenvalue weighted by molar-refractivity contribution is 5.79. The van der Waals surface area contributed by atoms with E-state index in [1.165, 1.54) is 0 Å². The topological polar surface area (TPSA) is 79.5 Å². The summed E-state index contributed by atoms with van der Waals surface area (Å²) in [6, 6.07) is 8.59. The second-order valence-corrected chi connectivity index (χ2v) is 8.00. The molecule has 6 nitrogen and oxygen atoms in total. The van der Waals surface area contributed by atoms with Crippen molar-refractivity contribution in [2.75, 3.05) is 18.5 Å². The molecule has 0 radical (unpaired) electrons. The molecule has 0 bridgehead atoms. The summed E-state index contributed by atoms with van der Waals surface area (Å²) in [6.07, 6.45) is 2.77. The zero-order chi connectivity index (χ0) is 23.6. The number of anilines is 1. The molecule has 2 atom stereocenters. The maximum Gasteiger partial charge on any atom is 0.390 e. The van der Waals surface area contributed by atoms with Crippen molar-refractivity contribution in [2.24, 2.45) is 11.8 Å². The highest BCUT2D eigenvalue weighted by Crippen LogP contribution is 2.35. The SMILES string of the molecule is CC1C(c2cc(NCCC(F)(F)F)c3ncc(-c4ccc(C=O)cc4)n3n2)=CC=CC1CO. The van der Waals surface area contributed by atoms with Crippen LogP contribution in [0.1, 0.15) is 29.4 Å². The number of aldehydes is 1. The Bertz CT molecular complexity index is 1210. The van der Waals surface area contributed by atoms with Gasteiger partial charge in [0.2, 0.25) is 0 Å². The molecule has 0 amide bonds. The average molecular weight is 456 g/mol. The Kier molecular flexibility index (Phi) is 6.33. The van der Waals surface area contributed by atoms with Gasteiger partial charge in [-0.05, 0) is 17.6 Å². The van der Waals surface area contributed by atoms with E-state index in [9.17, 15) is 23.1 Å². The summed E-state index contributed by atoms with van der Waals surface area (Å²) < 4.78 is 39.8. The average Bonchev–Trinajstić information content (AvgIpc) is 3.22. The zero-order valence-electron chi connectivity index (χ0n) is 17.9. The maximum absolute atomic E-state index is 12.7. The Morgan fingerprint density at radius 2 is 2.00 bits per heavy atom. The van der Waals surface area contributed by atoms with Crippen LogP contribution in [0.4, 0.5) is 18.9 Å². The number of fused-ring (bicyclic) bond motifs is 1. The van der Waals surface area contributed by atoms with Crippen molar-refractivity contribution in [3.05, 3.63) is 66.0 Å². The lowest BCUT2D eigenvalue weighted by molar-refractivity contribution is -0.131. The maximum atomic E-state index is 12.7. The molecule has 9 heteroatoms. The molecule has 4 rings (SSSR count). The summed E-state index contributed by atoms with van der Waals surface area (Å²) in [7, 11) is 0. The number of rotatable bonds is 7. The van der Waals surface area contributed by atoms with Gasteiger partial charge in [-0.2, -0.15) is 18.3 Å². The van der Waals surface area contributed by atoms with E-state index in [4.69, 9.17) is 5.10 Å². The molecule has 2 N–H and O–H groups in total.